The van der Waals surface area contributed by atoms with E-state index >= 15 is 0 Å². The minimum absolute atomic E-state index is 0.00657. The molecular weight excluding hydrogens is 404 g/mol. The number of thioether (sulfide) groups is 1. The van der Waals surface area contributed by atoms with E-state index in [-0.39, 0.29) is 22.7 Å². The van der Waals surface area contributed by atoms with E-state index in [0.29, 0.717) is 16.9 Å². The zero-order chi connectivity index (χ0) is 20.3. The van der Waals surface area contributed by atoms with Crippen LogP contribution in [0.3, 0.4) is 0 Å². The maximum atomic E-state index is 12.8. The van der Waals surface area contributed by atoms with Crippen molar-refractivity contribution in [1.82, 2.24) is 4.57 Å². The van der Waals surface area contributed by atoms with Crippen molar-refractivity contribution >= 4 is 34.7 Å². The van der Waals surface area contributed by atoms with Gasteiger partial charge in [-0.25, -0.2) is 0 Å². The molecule has 1 aliphatic heterocycles. The molecule has 2 saturated carbocycles. The van der Waals surface area contributed by atoms with Gasteiger partial charge in [0.05, 0.1) is 12.1 Å². The predicted molar refractivity (Wildman–Crippen MR) is 117 cm³/mol. The van der Waals surface area contributed by atoms with Gasteiger partial charge in [-0.2, -0.15) is 0 Å². The second-order valence-electron chi connectivity index (χ2n) is 9.03. The Bertz CT molecular complexity index is 1010. The number of nitrogens with one attached hydrogen (secondary N) is 1. The maximum absolute atomic E-state index is 12.8. The van der Waals surface area contributed by atoms with E-state index < -0.39 is 0 Å². The van der Waals surface area contributed by atoms with Crippen molar-refractivity contribution < 1.29 is 9.53 Å². The quantitative estimate of drug-likeness (QED) is 0.783. The Hall–Kier alpha value is -1.73. The van der Waals surface area contributed by atoms with Crippen LogP contribution in [0.5, 0.6) is 5.75 Å². The molecule has 3 aliphatic rings. The first-order valence-corrected chi connectivity index (χ1v) is 11.9. The first kappa shape index (κ1) is 19.2. The van der Waals surface area contributed by atoms with Crippen molar-refractivity contribution in [2.45, 2.75) is 55.3 Å². The molecule has 4 atom stereocenters. The third kappa shape index (κ3) is 3.05. The van der Waals surface area contributed by atoms with Gasteiger partial charge in [0.1, 0.15) is 12.3 Å². The molecule has 2 fully saturated rings. The molecule has 7 heteroatoms. The number of amides is 1. The highest BCUT2D eigenvalue weighted by Crippen LogP contribution is 2.64. The number of carbonyl (C=O) groups excluding carboxylic acids is 1. The van der Waals surface area contributed by atoms with Crippen LogP contribution < -0.4 is 14.9 Å². The van der Waals surface area contributed by atoms with Crippen molar-refractivity contribution in [2.75, 3.05) is 12.4 Å². The van der Waals surface area contributed by atoms with Gasteiger partial charge in [-0.05, 0) is 61.3 Å². The van der Waals surface area contributed by atoms with Gasteiger partial charge in [0.2, 0.25) is 5.91 Å². The lowest BCUT2D eigenvalue weighted by Crippen LogP contribution is -2.43. The molecule has 2 bridgehead atoms. The number of fused-ring (bicyclic) bond motifs is 6. The Labute approximate surface area is 178 Å². The summed E-state index contributed by atoms with van der Waals surface area (Å²) in [4.78, 5) is 26.7. The van der Waals surface area contributed by atoms with E-state index in [2.05, 4.69) is 19.2 Å². The fourth-order valence-electron chi connectivity index (χ4n) is 5.76. The minimum atomic E-state index is -0.175. The Morgan fingerprint density at radius 1 is 1.24 bits per heavy atom. The molecule has 1 N–H and O–H groups in total. The van der Waals surface area contributed by atoms with E-state index in [9.17, 15) is 9.59 Å². The number of aromatic nitrogens is 1. The monoisotopic (exact) mass is 430 g/mol. The van der Waals surface area contributed by atoms with E-state index in [0.717, 1.165) is 22.6 Å². The van der Waals surface area contributed by atoms with Crippen LogP contribution in [0.15, 0.2) is 34.1 Å². The highest BCUT2D eigenvalue weighted by molar-refractivity contribution is 8.00. The van der Waals surface area contributed by atoms with Crippen LogP contribution in [0, 0.1) is 17.8 Å². The SMILES string of the molecule is COc1ccc(NC(=O)Cn2c3c(sc2=O)C(C)(C)[C@H]2[C@H]4CC[C@H](C4)[C@@H]2S3)cc1. The summed E-state index contributed by atoms with van der Waals surface area (Å²) in [5.74, 6) is 2.78. The summed E-state index contributed by atoms with van der Waals surface area (Å²) in [5, 5.41) is 4.52. The van der Waals surface area contributed by atoms with Gasteiger partial charge >= 0.3 is 4.87 Å². The number of carbonyl (C=O) groups is 1. The van der Waals surface area contributed by atoms with E-state index in [1.54, 1.807) is 23.8 Å². The van der Waals surface area contributed by atoms with Gasteiger partial charge in [-0.3, -0.25) is 14.2 Å². The van der Waals surface area contributed by atoms with Crippen molar-refractivity contribution in [3.8, 4) is 5.75 Å². The van der Waals surface area contributed by atoms with Gasteiger partial charge in [-0.15, -0.1) is 11.8 Å². The van der Waals surface area contributed by atoms with E-state index in [4.69, 9.17) is 4.74 Å². The van der Waals surface area contributed by atoms with Crippen LogP contribution in [-0.4, -0.2) is 22.8 Å². The first-order valence-electron chi connectivity index (χ1n) is 10.2. The fourth-order valence-corrected chi connectivity index (χ4v) is 9.17. The summed E-state index contributed by atoms with van der Waals surface area (Å²) in [6.45, 7) is 4.68. The molecule has 0 saturated heterocycles. The Kier molecular flexibility index (Phi) is 4.59. The van der Waals surface area contributed by atoms with E-state index in [1.165, 1.54) is 35.5 Å². The number of hydrogen-bond acceptors (Lipinski definition) is 5. The molecule has 1 amide bonds. The van der Waals surface area contributed by atoms with Crippen molar-refractivity contribution in [1.29, 1.82) is 0 Å². The minimum Gasteiger partial charge on any atom is -0.497 e. The molecule has 2 aliphatic carbocycles. The molecule has 0 radical (unpaired) electrons. The van der Waals surface area contributed by atoms with Crippen molar-refractivity contribution in [3.05, 3.63) is 38.8 Å². The maximum Gasteiger partial charge on any atom is 0.308 e. The second-order valence-corrected chi connectivity index (χ2v) is 11.2. The Balaban J connectivity index is 1.40. The average molecular weight is 431 g/mol. The average Bonchev–Trinajstić information content (AvgIpc) is 3.38. The van der Waals surface area contributed by atoms with Crippen LogP contribution in [-0.2, 0) is 16.8 Å². The molecule has 0 spiro atoms. The van der Waals surface area contributed by atoms with Crippen molar-refractivity contribution in [3.63, 3.8) is 0 Å². The number of benzene rings is 1. The normalized spacial score (nSPS) is 28.7. The molecule has 5 rings (SSSR count). The highest BCUT2D eigenvalue weighted by atomic mass is 32.2. The van der Waals surface area contributed by atoms with Crippen LogP contribution in [0.1, 0.15) is 38.0 Å². The largest absolute Gasteiger partial charge is 0.497 e. The summed E-state index contributed by atoms with van der Waals surface area (Å²) >= 11 is 3.21. The summed E-state index contributed by atoms with van der Waals surface area (Å²) < 4.78 is 6.85. The zero-order valence-electron chi connectivity index (χ0n) is 16.9. The number of methoxy groups -OCH3 is 1. The van der Waals surface area contributed by atoms with Crippen LogP contribution in [0.4, 0.5) is 5.69 Å². The molecule has 2 aromatic rings. The lowest BCUT2D eigenvalue weighted by atomic mass is 9.69. The number of anilines is 1. The molecule has 0 unspecified atom stereocenters. The zero-order valence-corrected chi connectivity index (χ0v) is 18.6. The number of thiazole rings is 1. The molecule has 5 nitrogen and oxygen atoms in total. The molecule has 1 aromatic carbocycles. The lowest BCUT2D eigenvalue weighted by molar-refractivity contribution is -0.116. The summed E-state index contributed by atoms with van der Waals surface area (Å²) in [5.41, 5.74) is 0.709. The number of rotatable bonds is 4. The lowest BCUT2D eigenvalue weighted by Gasteiger charge is -2.45. The van der Waals surface area contributed by atoms with Gasteiger partial charge in [0.25, 0.3) is 0 Å². The van der Waals surface area contributed by atoms with Gasteiger partial charge in [-0.1, -0.05) is 25.2 Å². The van der Waals surface area contributed by atoms with Crippen LogP contribution in [0.25, 0.3) is 0 Å². The topological polar surface area (TPSA) is 60.3 Å². The third-order valence-electron chi connectivity index (χ3n) is 7.03. The fraction of sp³-hybridized carbons (Fsp3) is 0.545. The molecule has 29 heavy (non-hydrogen) atoms. The van der Waals surface area contributed by atoms with Crippen LogP contribution >= 0.6 is 23.1 Å². The number of nitrogens with zero attached hydrogens (tertiary/aromatic N) is 1. The molecule has 2 heterocycles. The summed E-state index contributed by atoms with van der Waals surface area (Å²) in [6.07, 6.45) is 3.99. The van der Waals surface area contributed by atoms with E-state index in [1.807, 2.05) is 23.9 Å². The standard InChI is InChI=1S/C22H26N2O3S2/c1-22(2)17-12-4-5-13(10-12)18(17)28-20-19(22)29-21(26)24(20)11-16(25)23-14-6-8-15(27-3)9-7-14/h6-9,12-13,17-18H,4-5,10-11H2,1-3H3,(H,23,25)/t12-,13+,17-,18-/m0/s1. The third-order valence-corrected chi connectivity index (χ3v) is 10.1. The number of ether oxygens (including phenoxy) is 1. The number of hydrogen-bond donors (Lipinski definition) is 1. The Morgan fingerprint density at radius 2 is 1.97 bits per heavy atom. The smallest absolute Gasteiger partial charge is 0.308 e. The molecule has 154 valence electrons. The van der Waals surface area contributed by atoms with Gasteiger partial charge in [0, 0.05) is 21.2 Å². The molecular formula is C22H26N2O3S2. The first-order chi connectivity index (χ1) is 13.9. The van der Waals surface area contributed by atoms with Crippen molar-refractivity contribution in [2.24, 2.45) is 17.8 Å². The second kappa shape index (κ2) is 6.91. The highest BCUT2D eigenvalue weighted by Gasteiger charge is 2.57. The van der Waals surface area contributed by atoms with Crippen LogP contribution in [0.2, 0.25) is 0 Å². The predicted octanol–water partition coefficient (Wildman–Crippen LogP) is 4.36. The summed E-state index contributed by atoms with van der Waals surface area (Å²) in [7, 11) is 1.61. The van der Waals surface area contributed by atoms with Gasteiger partial charge < -0.3 is 10.1 Å². The Morgan fingerprint density at radius 3 is 2.69 bits per heavy atom. The molecule has 1 aromatic heterocycles. The summed E-state index contributed by atoms with van der Waals surface area (Å²) in [6, 6.07) is 7.23. The van der Waals surface area contributed by atoms with Gasteiger partial charge in [0.15, 0.2) is 0 Å².